The lowest BCUT2D eigenvalue weighted by Gasteiger charge is -2.32. The molecule has 1 aromatic rings. The summed E-state index contributed by atoms with van der Waals surface area (Å²) in [5, 5.41) is 8.99. The van der Waals surface area contributed by atoms with Gasteiger partial charge in [0.2, 0.25) is 0 Å². The number of nitrogens with zero attached hydrogens (tertiary/aromatic N) is 1. The predicted molar refractivity (Wildman–Crippen MR) is 71.5 cm³/mol. The minimum atomic E-state index is 0.123. The third-order valence-electron chi connectivity index (χ3n) is 3.64. The molecule has 1 fully saturated rings. The second-order valence-electron chi connectivity index (χ2n) is 5.14. The number of carbonyl (C=O) groups is 1. The summed E-state index contributed by atoms with van der Waals surface area (Å²) in [6.07, 6.45) is 2.97. The summed E-state index contributed by atoms with van der Waals surface area (Å²) in [4.78, 5) is 14.2. The second kappa shape index (κ2) is 6.01. The van der Waals surface area contributed by atoms with E-state index >= 15 is 0 Å². The molecule has 2 rings (SSSR count). The molecule has 0 aliphatic carbocycles. The van der Waals surface area contributed by atoms with Crippen LogP contribution in [0.5, 0.6) is 0 Å². The summed E-state index contributed by atoms with van der Waals surface area (Å²) in [5.41, 5.74) is 1.94. The third-order valence-corrected chi connectivity index (χ3v) is 3.64. The summed E-state index contributed by atoms with van der Waals surface area (Å²) in [6.45, 7) is 3.87. The Morgan fingerprint density at radius 1 is 1.39 bits per heavy atom. The Morgan fingerprint density at radius 3 is 2.78 bits per heavy atom. The maximum absolute atomic E-state index is 12.3. The fraction of sp³-hybridized carbons (Fsp3) is 0.533. The lowest BCUT2D eigenvalue weighted by molar-refractivity contribution is 0.0653. The zero-order valence-corrected chi connectivity index (χ0v) is 10.9. The quantitative estimate of drug-likeness (QED) is 0.889. The monoisotopic (exact) mass is 247 g/mol. The van der Waals surface area contributed by atoms with Crippen LogP contribution < -0.4 is 0 Å². The van der Waals surface area contributed by atoms with Gasteiger partial charge in [-0.05, 0) is 44.2 Å². The molecule has 1 unspecified atom stereocenters. The van der Waals surface area contributed by atoms with Gasteiger partial charge in [-0.1, -0.05) is 17.7 Å². The fourth-order valence-electron chi connectivity index (χ4n) is 2.55. The predicted octanol–water partition coefficient (Wildman–Crippen LogP) is 2.23. The summed E-state index contributed by atoms with van der Waals surface area (Å²) in [7, 11) is 0. The highest BCUT2D eigenvalue weighted by Crippen LogP contribution is 2.21. The molecular formula is C15H21NO2. The maximum atomic E-state index is 12.3. The molecule has 0 bridgehead atoms. The van der Waals surface area contributed by atoms with Gasteiger partial charge in [0.25, 0.3) is 5.91 Å². The third kappa shape index (κ3) is 3.10. The van der Waals surface area contributed by atoms with Crippen LogP contribution in [0.2, 0.25) is 0 Å². The highest BCUT2D eigenvalue weighted by atomic mass is 16.3. The first-order chi connectivity index (χ1) is 8.70. The van der Waals surface area contributed by atoms with Crippen LogP contribution in [0.1, 0.15) is 35.2 Å². The molecule has 3 heteroatoms. The number of aliphatic hydroxyl groups is 1. The molecule has 0 spiro atoms. The van der Waals surface area contributed by atoms with Gasteiger partial charge in [-0.2, -0.15) is 0 Å². The fourth-order valence-corrected chi connectivity index (χ4v) is 2.55. The van der Waals surface area contributed by atoms with Crippen LogP contribution in [0.4, 0.5) is 0 Å². The Labute approximate surface area is 108 Å². The van der Waals surface area contributed by atoms with Crippen molar-refractivity contribution in [1.29, 1.82) is 0 Å². The molecule has 0 aromatic heterocycles. The van der Waals surface area contributed by atoms with Crippen molar-refractivity contribution in [2.75, 3.05) is 19.7 Å². The van der Waals surface area contributed by atoms with Crippen LogP contribution >= 0.6 is 0 Å². The number of amides is 1. The molecule has 1 aliphatic rings. The van der Waals surface area contributed by atoms with Crippen LogP contribution in [-0.2, 0) is 0 Å². The van der Waals surface area contributed by atoms with E-state index in [-0.39, 0.29) is 12.5 Å². The van der Waals surface area contributed by atoms with Gasteiger partial charge in [-0.3, -0.25) is 4.79 Å². The first-order valence-corrected chi connectivity index (χ1v) is 6.67. The molecule has 1 aliphatic heterocycles. The molecule has 1 N–H and O–H groups in total. The Hall–Kier alpha value is -1.35. The van der Waals surface area contributed by atoms with Crippen molar-refractivity contribution in [3.8, 4) is 0 Å². The smallest absolute Gasteiger partial charge is 0.253 e. The standard InChI is InChI=1S/C15H21NO2/c1-12-4-6-14(7-5-12)15(18)16-9-2-3-13(11-16)8-10-17/h4-7,13,17H,2-3,8-11H2,1H3. The van der Waals surface area contributed by atoms with E-state index in [1.807, 2.05) is 36.1 Å². The molecule has 1 saturated heterocycles. The molecule has 0 saturated carbocycles. The summed E-state index contributed by atoms with van der Waals surface area (Å²) < 4.78 is 0. The highest BCUT2D eigenvalue weighted by Gasteiger charge is 2.23. The summed E-state index contributed by atoms with van der Waals surface area (Å²) >= 11 is 0. The van der Waals surface area contributed by atoms with Gasteiger partial charge in [0, 0.05) is 25.3 Å². The number of hydrogen-bond acceptors (Lipinski definition) is 2. The molecular weight excluding hydrogens is 226 g/mol. The topological polar surface area (TPSA) is 40.5 Å². The molecule has 98 valence electrons. The van der Waals surface area contributed by atoms with Crippen molar-refractivity contribution >= 4 is 5.91 Å². The van der Waals surface area contributed by atoms with E-state index in [0.29, 0.717) is 5.92 Å². The van der Waals surface area contributed by atoms with Crippen LogP contribution in [0, 0.1) is 12.8 Å². The molecule has 1 aromatic carbocycles. The average molecular weight is 247 g/mol. The van der Waals surface area contributed by atoms with Crippen molar-refractivity contribution in [2.45, 2.75) is 26.2 Å². The zero-order valence-electron chi connectivity index (χ0n) is 10.9. The molecule has 18 heavy (non-hydrogen) atoms. The van der Waals surface area contributed by atoms with E-state index in [2.05, 4.69) is 0 Å². The Balaban J connectivity index is 2.02. The number of rotatable bonds is 3. The number of hydrogen-bond donors (Lipinski definition) is 1. The Kier molecular flexibility index (Phi) is 4.37. The zero-order chi connectivity index (χ0) is 13.0. The highest BCUT2D eigenvalue weighted by molar-refractivity contribution is 5.94. The van der Waals surface area contributed by atoms with Crippen LogP contribution in [0.25, 0.3) is 0 Å². The van der Waals surface area contributed by atoms with Gasteiger partial charge < -0.3 is 10.0 Å². The van der Waals surface area contributed by atoms with Gasteiger partial charge in [0.15, 0.2) is 0 Å². The number of benzene rings is 1. The van der Waals surface area contributed by atoms with Gasteiger partial charge >= 0.3 is 0 Å². The van der Waals surface area contributed by atoms with Gasteiger partial charge in [-0.15, -0.1) is 0 Å². The van der Waals surface area contributed by atoms with E-state index in [1.54, 1.807) is 0 Å². The molecule has 3 nitrogen and oxygen atoms in total. The second-order valence-corrected chi connectivity index (χ2v) is 5.14. The lowest BCUT2D eigenvalue weighted by Crippen LogP contribution is -2.40. The van der Waals surface area contributed by atoms with E-state index in [1.165, 1.54) is 5.56 Å². The van der Waals surface area contributed by atoms with E-state index in [0.717, 1.165) is 37.9 Å². The van der Waals surface area contributed by atoms with Crippen LogP contribution in [-0.4, -0.2) is 35.6 Å². The van der Waals surface area contributed by atoms with Gasteiger partial charge in [0.1, 0.15) is 0 Å². The minimum absolute atomic E-state index is 0.123. The van der Waals surface area contributed by atoms with Crippen molar-refractivity contribution < 1.29 is 9.90 Å². The number of carbonyl (C=O) groups excluding carboxylic acids is 1. The van der Waals surface area contributed by atoms with Crippen molar-refractivity contribution in [2.24, 2.45) is 5.92 Å². The Morgan fingerprint density at radius 2 is 2.11 bits per heavy atom. The SMILES string of the molecule is Cc1ccc(C(=O)N2CCCC(CCO)C2)cc1. The minimum Gasteiger partial charge on any atom is -0.396 e. The normalized spacial score (nSPS) is 19.9. The van der Waals surface area contributed by atoms with Crippen molar-refractivity contribution in [3.05, 3.63) is 35.4 Å². The summed E-state index contributed by atoms with van der Waals surface area (Å²) in [6, 6.07) is 7.74. The Bertz CT molecular complexity index is 397. The van der Waals surface area contributed by atoms with E-state index in [9.17, 15) is 4.79 Å². The van der Waals surface area contributed by atoms with Crippen LogP contribution in [0.3, 0.4) is 0 Å². The van der Waals surface area contributed by atoms with Gasteiger partial charge in [0.05, 0.1) is 0 Å². The number of aliphatic hydroxyl groups excluding tert-OH is 1. The molecule has 1 amide bonds. The van der Waals surface area contributed by atoms with Gasteiger partial charge in [-0.25, -0.2) is 0 Å². The van der Waals surface area contributed by atoms with E-state index < -0.39 is 0 Å². The van der Waals surface area contributed by atoms with E-state index in [4.69, 9.17) is 5.11 Å². The molecule has 1 heterocycles. The first-order valence-electron chi connectivity index (χ1n) is 6.67. The average Bonchev–Trinajstić information content (AvgIpc) is 2.39. The number of piperidine rings is 1. The maximum Gasteiger partial charge on any atom is 0.253 e. The molecule has 0 radical (unpaired) electrons. The largest absolute Gasteiger partial charge is 0.396 e. The van der Waals surface area contributed by atoms with Crippen molar-refractivity contribution in [1.82, 2.24) is 4.90 Å². The number of aryl methyl sites for hydroxylation is 1. The van der Waals surface area contributed by atoms with Crippen molar-refractivity contribution in [3.63, 3.8) is 0 Å². The number of likely N-dealkylation sites (tertiary alicyclic amines) is 1. The first kappa shape index (κ1) is 13.1. The molecule has 1 atom stereocenters. The van der Waals surface area contributed by atoms with Crippen LogP contribution in [0.15, 0.2) is 24.3 Å². The summed E-state index contributed by atoms with van der Waals surface area (Å²) in [5.74, 6) is 0.579. The lowest BCUT2D eigenvalue weighted by atomic mass is 9.94.